The highest BCUT2D eigenvalue weighted by Crippen LogP contribution is 2.58. The summed E-state index contributed by atoms with van der Waals surface area (Å²) >= 11 is 1.49. The second-order valence-corrected chi connectivity index (χ2v) is 8.87. The SMILES string of the molecule is C[C@]1(c2cc(Nc3nccc4cc(C#N)cnc34)cc(F)c2F)N=C(N)S[C@H]2C[C@H]21. The van der Waals surface area contributed by atoms with E-state index < -0.39 is 17.2 Å². The molecule has 0 saturated heterocycles. The van der Waals surface area contributed by atoms with Crippen LogP contribution in [0.15, 0.2) is 41.7 Å². The number of amidine groups is 1. The van der Waals surface area contributed by atoms with Gasteiger partial charge < -0.3 is 11.1 Å². The van der Waals surface area contributed by atoms with Gasteiger partial charge in [-0.1, -0.05) is 11.8 Å². The average molecular weight is 422 g/mol. The van der Waals surface area contributed by atoms with E-state index in [0.29, 0.717) is 33.1 Å². The molecule has 30 heavy (non-hydrogen) atoms. The molecule has 2 aliphatic rings. The van der Waals surface area contributed by atoms with Gasteiger partial charge in [0.05, 0.1) is 11.1 Å². The summed E-state index contributed by atoms with van der Waals surface area (Å²) in [6, 6.07) is 8.11. The van der Waals surface area contributed by atoms with Crippen LogP contribution in [0.5, 0.6) is 0 Å². The Bertz CT molecular complexity index is 1270. The van der Waals surface area contributed by atoms with Crippen molar-refractivity contribution in [1.82, 2.24) is 9.97 Å². The van der Waals surface area contributed by atoms with Gasteiger partial charge in [0.2, 0.25) is 0 Å². The van der Waals surface area contributed by atoms with Gasteiger partial charge in [-0.05, 0) is 31.5 Å². The van der Waals surface area contributed by atoms with Gasteiger partial charge in [-0.25, -0.2) is 13.8 Å². The smallest absolute Gasteiger partial charge is 0.164 e. The van der Waals surface area contributed by atoms with Gasteiger partial charge in [0.25, 0.3) is 0 Å². The van der Waals surface area contributed by atoms with Crippen molar-refractivity contribution in [3.63, 3.8) is 0 Å². The van der Waals surface area contributed by atoms with E-state index in [4.69, 9.17) is 11.0 Å². The Kier molecular flexibility index (Phi) is 4.15. The summed E-state index contributed by atoms with van der Waals surface area (Å²) in [6.45, 7) is 1.80. The summed E-state index contributed by atoms with van der Waals surface area (Å²) < 4.78 is 29.4. The summed E-state index contributed by atoms with van der Waals surface area (Å²) in [7, 11) is 0. The minimum absolute atomic E-state index is 0.112. The van der Waals surface area contributed by atoms with Crippen LogP contribution in [0.4, 0.5) is 20.3 Å². The summed E-state index contributed by atoms with van der Waals surface area (Å²) in [5.74, 6) is -1.40. The fourth-order valence-corrected chi connectivity index (χ4v) is 5.31. The van der Waals surface area contributed by atoms with Gasteiger partial charge in [-0.2, -0.15) is 5.26 Å². The van der Waals surface area contributed by atoms with Crippen LogP contribution < -0.4 is 11.1 Å². The molecule has 9 heteroatoms. The highest BCUT2D eigenvalue weighted by atomic mass is 32.2. The second-order valence-electron chi connectivity index (χ2n) is 7.61. The van der Waals surface area contributed by atoms with Crippen LogP contribution in [0.25, 0.3) is 10.9 Å². The number of benzene rings is 1. The van der Waals surface area contributed by atoms with Crippen LogP contribution in [-0.4, -0.2) is 20.4 Å². The first kappa shape index (κ1) is 18.8. The zero-order chi connectivity index (χ0) is 21.0. The van der Waals surface area contributed by atoms with E-state index >= 15 is 0 Å². The van der Waals surface area contributed by atoms with E-state index in [-0.39, 0.29) is 16.7 Å². The fraction of sp³-hybridized carbons (Fsp3) is 0.238. The Morgan fingerprint density at radius 3 is 2.93 bits per heavy atom. The minimum Gasteiger partial charge on any atom is -0.379 e. The molecule has 1 aliphatic heterocycles. The molecular formula is C21H16F2N6S. The molecule has 2 aromatic heterocycles. The van der Waals surface area contributed by atoms with Crippen LogP contribution >= 0.6 is 11.8 Å². The van der Waals surface area contributed by atoms with Gasteiger partial charge in [-0.3, -0.25) is 9.98 Å². The van der Waals surface area contributed by atoms with Crippen LogP contribution in [-0.2, 0) is 5.54 Å². The van der Waals surface area contributed by atoms with Crippen molar-refractivity contribution in [2.45, 2.75) is 24.1 Å². The number of fused-ring (bicyclic) bond motifs is 2. The van der Waals surface area contributed by atoms with Crippen molar-refractivity contribution >= 4 is 39.3 Å². The van der Waals surface area contributed by atoms with E-state index in [1.165, 1.54) is 18.0 Å². The van der Waals surface area contributed by atoms with Gasteiger partial charge in [0, 0.05) is 46.3 Å². The van der Waals surface area contributed by atoms with Gasteiger partial charge in [0.1, 0.15) is 11.6 Å². The molecule has 0 unspecified atom stereocenters. The third-order valence-electron chi connectivity index (χ3n) is 5.63. The quantitative estimate of drug-likeness (QED) is 0.657. The number of aliphatic imine (C=N–C) groups is 1. The van der Waals surface area contributed by atoms with Crippen molar-refractivity contribution in [2.24, 2.45) is 16.6 Å². The number of anilines is 2. The maximum absolute atomic E-state index is 14.8. The first-order valence-corrected chi connectivity index (χ1v) is 10.2. The maximum Gasteiger partial charge on any atom is 0.164 e. The number of hydrogen-bond donors (Lipinski definition) is 2. The number of hydrogen-bond acceptors (Lipinski definition) is 7. The molecule has 6 nitrogen and oxygen atoms in total. The molecule has 3 heterocycles. The molecular weight excluding hydrogens is 406 g/mol. The van der Waals surface area contributed by atoms with E-state index in [1.807, 2.05) is 6.07 Å². The van der Waals surface area contributed by atoms with Crippen LogP contribution in [0.3, 0.4) is 0 Å². The lowest BCUT2D eigenvalue weighted by molar-refractivity contribution is 0.393. The summed E-state index contributed by atoms with van der Waals surface area (Å²) in [5.41, 5.74) is 6.46. The first-order chi connectivity index (χ1) is 14.4. The minimum atomic E-state index is -0.972. The fourth-order valence-electron chi connectivity index (χ4n) is 4.03. The number of nitrogens with two attached hydrogens (primary N) is 1. The van der Waals surface area contributed by atoms with E-state index in [2.05, 4.69) is 20.3 Å². The number of nitrogens with zero attached hydrogens (tertiary/aromatic N) is 4. The lowest BCUT2D eigenvalue weighted by Gasteiger charge is -2.30. The summed E-state index contributed by atoms with van der Waals surface area (Å²) in [6.07, 6.45) is 3.87. The third kappa shape index (κ3) is 2.95. The molecule has 3 atom stereocenters. The first-order valence-electron chi connectivity index (χ1n) is 9.32. The number of nitrogens with one attached hydrogen (secondary N) is 1. The van der Waals surface area contributed by atoms with Gasteiger partial charge in [-0.15, -0.1) is 0 Å². The predicted octanol–water partition coefficient (Wildman–Crippen LogP) is 4.19. The average Bonchev–Trinajstić information content (AvgIpc) is 3.50. The van der Waals surface area contributed by atoms with E-state index in [9.17, 15) is 8.78 Å². The van der Waals surface area contributed by atoms with Gasteiger partial charge in [0.15, 0.2) is 22.6 Å². The molecule has 0 spiro atoms. The lowest BCUT2D eigenvalue weighted by atomic mass is 9.86. The Morgan fingerprint density at radius 2 is 2.13 bits per heavy atom. The zero-order valence-corrected chi connectivity index (χ0v) is 16.7. The highest BCUT2D eigenvalue weighted by molar-refractivity contribution is 8.14. The van der Waals surface area contributed by atoms with Crippen LogP contribution in [0.1, 0.15) is 24.5 Å². The topological polar surface area (TPSA) is 100.0 Å². The largest absolute Gasteiger partial charge is 0.379 e. The molecule has 1 fully saturated rings. The predicted molar refractivity (Wildman–Crippen MR) is 112 cm³/mol. The Labute approximate surface area is 175 Å². The maximum atomic E-state index is 14.8. The van der Waals surface area contributed by atoms with Crippen molar-refractivity contribution < 1.29 is 8.78 Å². The number of pyridine rings is 2. The highest BCUT2D eigenvalue weighted by Gasteiger charge is 2.56. The van der Waals surface area contributed by atoms with Crippen LogP contribution in [0.2, 0.25) is 0 Å². The third-order valence-corrected chi connectivity index (χ3v) is 6.79. The van der Waals surface area contributed by atoms with Crippen LogP contribution in [0, 0.1) is 28.9 Å². The molecule has 0 amide bonds. The van der Waals surface area contributed by atoms with Crippen molar-refractivity contribution in [2.75, 3.05) is 5.32 Å². The second kappa shape index (κ2) is 6.64. The normalized spacial score (nSPS) is 24.7. The molecule has 3 aromatic rings. The number of thioether (sulfide) groups is 1. The number of aromatic nitrogens is 2. The molecule has 0 radical (unpaired) electrons. The summed E-state index contributed by atoms with van der Waals surface area (Å²) in [4.78, 5) is 13.1. The number of rotatable bonds is 3. The summed E-state index contributed by atoms with van der Waals surface area (Å²) in [5, 5.41) is 13.5. The molecule has 150 valence electrons. The van der Waals surface area contributed by atoms with E-state index in [1.54, 1.807) is 31.3 Å². The Balaban J connectivity index is 1.58. The number of nitriles is 1. The van der Waals surface area contributed by atoms with Gasteiger partial charge >= 0.3 is 0 Å². The monoisotopic (exact) mass is 422 g/mol. The molecule has 1 saturated carbocycles. The molecule has 0 bridgehead atoms. The zero-order valence-electron chi connectivity index (χ0n) is 15.9. The molecule has 3 N–H and O–H groups in total. The molecule has 5 rings (SSSR count). The van der Waals surface area contributed by atoms with Crippen molar-refractivity contribution in [1.29, 1.82) is 5.26 Å². The van der Waals surface area contributed by atoms with E-state index in [0.717, 1.165) is 12.5 Å². The molecule has 1 aliphatic carbocycles. The standard InChI is InChI=1S/C21H16F2N6S/c1-21(13-7-16(13)30-20(25)29-21)14-5-12(6-15(22)17(14)23)28-19-18-11(2-3-26-19)4-10(8-24)9-27-18/h2-6,9,13,16H,7H2,1H3,(H2,25,29)(H,26,28)/t13-,16+,21+/m1/s1. The number of halogens is 2. The lowest BCUT2D eigenvalue weighted by Crippen LogP contribution is -2.32. The molecule has 1 aromatic carbocycles. The Morgan fingerprint density at radius 1 is 1.30 bits per heavy atom. The van der Waals surface area contributed by atoms with Crippen molar-refractivity contribution in [3.8, 4) is 6.07 Å². The Hall–Kier alpha value is -3.25. The van der Waals surface area contributed by atoms with Crippen molar-refractivity contribution in [3.05, 3.63) is 59.4 Å².